The van der Waals surface area contributed by atoms with E-state index in [1.807, 2.05) is 6.08 Å². The van der Waals surface area contributed by atoms with E-state index in [1.165, 1.54) is 25.2 Å². The maximum Gasteiger partial charge on any atom is 0.316 e. The van der Waals surface area contributed by atoms with E-state index in [-0.39, 0.29) is 35.7 Å². The van der Waals surface area contributed by atoms with Crippen LogP contribution in [0.15, 0.2) is 23.3 Å². The molecule has 0 bridgehead atoms. The van der Waals surface area contributed by atoms with Crippen molar-refractivity contribution < 1.29 is 108 Å². The second-order valence-electron chi connectivity index (χ2n) is 24.9. The van der Waals surface area contributed by atoms with Crippen LogP contribution in [-0.2, 0) is 52.2 Å². The highest BCUT2D eigenvalue weighted by Gasteiger charge is 2.79. The average Bonchev–Trinajstić information content (AvgIpc) is 4.07. The van der Waals surface area contributed by atoms with Gasteiger partial charge >= 0.3 is 5.97 Å². The zero-order valence-corrected chi connectivity index (χ0v) is 45.2. The largest absolute Gasteiger partial charge is 0.458 e. The van der Waals surface area contributed by atoms with Gasteiger partial charge in [0.05, 0.1) is 38.1 Å². The monoisotopic (exact) mass is 1090 g/mol. The number of aliphatic hydroxyl groups is 11. The molecule has 434 valence electrons. The Kier molecular flexibility index (Phi) is 16.9. The van der Waals surface area contributed by atoms with Gasteiger partial charge in [0.15, 0.2) is 25.2 Å². The van der Waals surface area contributed by atoms with E-state index in [9.17, 15) is 61.0 Å². The van der Waals surface area contributed by atoms with Gasteiger partial charge in [-0.25, -0.2) is 0 Å². The molecular formula is C54H86O22. The van der Waals surface area contributed by atoms with E-state index < -0.39 is 164 Å². The van der Waals surface area contributed by atoms with Crippen LogP contribution in [0.25, 0.3) is 0 Å². The number of carbonyl (C=O) groups is 1. The lowest BCUT2D eigenvalue weighted by atomic mass is 9.40. The first-order valence-corrected chi connectivity index (χ1v) is 27.4. The number of carbonyl (C=O) groups excluding carboxylic acids is 1. The van der Waals surface area contributed by atoms with Crippen LogP contribution in [-0.4, -0.2) is 224 Å². The fourth-order valence-electron chi connectivity index (χ4n) is 16.0. The van der Waals surface area contributed by atoms with E-state index >= 15 is 0 Å². The lowest BCUT2D eigenvalue weighted by Gasteiger charge is -2.64. The summed E-state index contributed by atoms with van der Waals surface area (Å²) in [7, 11) is 1.21. The topological polar surface area (TPSA) is 332 Å². The summed E-state index contributed by atoms with van der Waals surface area (Å²) in [5.41, 5.74) is -0.741. The van der Waals surface area contributed by atoms with Crippen LogP contribution < -0.4 is 0 Å². The molecular weight excluding hydrogens is 1000 g/mol. The zero-order valence-electron chi connectivity index (χ0n) is 45.2. The molecule has 0 radical (unpaired) electrons. The molecule has 5 saturated heterocycles. The van der Waals surface area contributed by atoms with Crippen LogP contribution in [0.3, 0.4) is 0 Å². The molecule has 0 aromatic heterocycles. The minimum absolute atomic E-state index is 0.0512. The number of ether oxygens (including phenoxy) is 10. The summed E-state index contributed by atoms with van der Waals surface area (Å²) >= 11 is 0. The molecule has 9 rings (SSSR count). The Bertz CT molecular complexity index is 2120. The van der Waals surface area contributed by atoms with Gasteiger partial charge in [-0.15, -0.1) is 0 Å². The van der Waals surface area contributed by atoms with Crippen molar-refractivity contribution >= 4 is 5.97 Å². The average molecular weight is 1090 g/mol. The number of cyclic esters (lactones) is 1. The summed E-state index contributed by atoms with van der Waals surface area (Å²) in [6, 6.07) is 0. The van der Waals surface area contributed by atoms with Gasteiger partial charge in [0.1, 0.15) is 96.5 Å². The third-order valence-electron chi connectivity index (χ3n) is 20.1. The quantitative estimate of drug-likeness (QED) is 0.0598. The molecule has 0 amide bonds. The summed E-state index contributed by atoms with van der Waals surface area (Å²) in [6.45, 7) is 14.6. The third kappa shape index (κ3) is 9.40. The predicted octanol–water partition coefficient (Wildman–Crippen LogP) is -0.417. The standard InChI is InChI=1S/C54H86O22/c1-23(2)11-10-16-53(8)31-14-18-52(7)25-12-13-30-50(4,5)33(15-17-51(30,6)26(25)19-32(58)54(31,52)49(66)76-53)72-48-44(34(59)27(57)22-68-48)75-45-38(63)37(62)41(24(3)69-45)73-47-40(65)43(36(61)29(21-56)71-47)74-46-39(64)42(67-9)35(60)28(20-55)70-46/h11,19,24-25,27-48,55-65H,10,12-18,20-22H2,1-9H3. The Balaban J connectivity index is 0.874. The first-order chi connectivity index (χ1) is 35.7. The van der Waals surface area contributed by atoms with Gasteiger partial charge in [-0.2, -0.15) is 0 Å². The Morgan fingerprint density at radius 2 is 1.28 bits per heavy atom. The highest BCUT2D eigenvalue weighted by molar-refractivity contribution is 5.84. The van der Waals surface area contributed by atoms with Crippen molar-refractivity contribution in [3.63, 3.8) is 0 Å². The lowest BCUT2D eigenvalue weighted by Crippen LogP contribution is -2.67. The first kappa shape index (κ1) is 58.8. The minimum atomic E-state index is -1.90. The van der Waals surface area contributed by atoms with Gasteiger partial charge in [0.2, 0.25) is 0 Å². The second-order valence-corrected chi connectivity index (χ2v) is 24.9. The van der Waals surface area contributed by atoms with Crippen molar-refractivity contribution in [2.45, 2.75) is 241 Å². The van der Waals surface area contributed by atoms with E-state index in [4.69, 9.17) is 47.4 Å². The first-order valence-electron chi connectivity index (χ1n) is 27.4. The van der Waals surface area contributed by atoms with Crippen molar-refractivity contribution in [1.29, 1.82) is 0 Å². The summed E-state index contributed by atoms with van der Waals surface area (Å²) in [5.74, 6) is -0.298. The Labute approximate surface area is 444 Å². The van der Waals surface area contributed by atoms with Crippen LogP contribution >= 0.6 is 0 Å². The number of fused-ring (bicyclic) bond motifs is 4. The Morgan fingerprint density at radius 3 is 1.91 bits per heavy atom. The fourth-order valence-corrected chi connectivity index (χ4v) is 16.0. The summed E-state index contributed by atoms with van der Waals surface area (Å²) in [6.07, 6.45) is -21.1. The number of methoxy groups -OCH3 is 1. The van der Waals surface area contributed by atoms with Crippen LogP contribution in [0.1, 0.15) is 107 Å². The van der Waals surface area contributed by atoms with Gasteiger partial charge in [-0.05, 0) is 107 Å². The fraction of sp³-hybridized carbons (Fsp3) is 0.907. The molecule has 76 heavy (non-hydrogen) atoms. The van der Waals surface area contributed by atoms with Gasteiger partial charge in [-0.1, -0.05) is 51.0 Å². The molecule has 5 aliphatic heterocycles. The molecule has 0 aromatic carbocycles. The van der Waals surface area contributed by atoms with Crippen LogP contribution in [0.4, 0.5) is 0 Å². The van der Waals surface area contributed by atoms with Crippen molar-refractivity contribution in [2.75, 3.05) is 26.9 Å². The molecule has 5 heterocycles. The SMILES string of the molecule is COC1C(O)C(CO)OC(OC2C(O)C(CO)OC(OC3C(C)OC(OC4C(OC5CCC6(C)C7=CC(O)C89C(=O)OC(C)(CCC=C(C)C)C8CCC9(C)C7CCC6C5(C)C)OCC(O)C4O)C(O)C3O)C2O)C1O. The van der Waals surface area contributed by atoms with E-state index in [0.717, 1.165) is 32.1 Å². The molecule has 9 aliphatic rings. The Morgan fingerprint density at radius 1 is 0.671 bits per heavy atom. The van der Waals surface area contributed by atoms with Gasteiger partial charge in [0, 0.05) is 13.0 Å². The normalized spacial score (nSPS) is 52.9. The Hall–Kier alpha value is -1.85. The number of esters is 1. The maximum absolute atomic E-state index is 14.4. The highest BCUT2D eigenvalue weighted by atomic mass is 16.8. The van der Waals surface area contributed by atoms with Crippen LogP contribution in [0, 0.1) is 39.4 Å². The number of hydrogen-bond acceptors (Lipinski definition) is 22. The van der Waals surface area contributed by atoms with Crippen molar-refractivity contribution in [2.24, 2.45) is 39.4 Å². The summed E-state index contributed by atoms with van der Waals surface area (Å²) in [5, 5.41) is 122. The number of rotatable bonds is 14. The molecule has 8 fully saturated rings. The summed E-state index contributed by atoms with van der Waals surface area (Å²) in [4.78, 5) is 14.4. The number of allylic oxidation sites excluding steroid dienone is 3. The van der Waals surface area contributed by atoms with Gasteiger partial charge < -0.3 is 104 Å². The molecule has 1 spiro atoms. The van der Waals surface area contributed by atoms with Crippen LogP contribution in [0.2, 0.25) is 0 Å². The summed E-state index contributed by atoms with van der Waals surface area (Å²) < 4.78 is 59.8. The molecule has 11 N–H and O–H groups in total. The lowest BCUT2D eigenvalue weighted by molar-refractivity contribution is -0.389. The molecule has 4 aliphatic carbocycles. The zero-order chi connectivity index (χ0) is 55.4. The number of hydrogen-bond donors (Lipinski definition) is 11. The van der Waals surface area contributed by atoms with Crippen molar-refractivity contribution in [3.8, 4) is 0 Å². The molecule has 0 aromatic rings. The highest BCUT2D eigenvalue weighted by Crippen LogP contribution is 2.76. The molecule has 28 unspecified atom stereocenters. The van der Waals surface area contributed by atoms with E-state index in [2.05, 4.69) is 54.5 Å². The predicted molar refractivity (Wildman–Crippen MR) is 262 cm³/mol. The van der Waals surface area contributed by atoms with E-state index in [0.29, 0.717) is 19.3 Å². The van der Waals surface area contributed by atoms with Gasteiger partial charge in [-0.3, -0.25) is 4.79 Å². The second kappa shape index (κ2) is 21.8. The third-order valence-corrected chi connectivity index (χ3v) is 20.1. The number of aliphatic hydroxyl groups excluding tert-OH is 11. The molecule has 3 saturated carbocycles. The van der Waals surface area contributed by atoms with Crippen LogP contribution in [0.5, 0.6) is 0 Å². The van der Waals surface area contributed by atoms with Crippen molar-refractivity contribution in [1.82, 2.24) is 0 Å². The molecule has 28 atom stereocenters. The smallest absolute Gasteiger partial charge is 0.316 e. The molecule has 22 nitrogen and oxygen atoms in total. The maximum atomic E-state index is 14.4. The van der Waals surface area contributed by atoms with Crippen molar-refractivity contribution in [3.05, 3.63) is 23.3 Å². The van der Waals surface area contributed by atoms with E-state index in [1.54, 1.807) is 0 Å². The van der Waals surface area contributed by atoms with Gasteiger partial charge in [0.25, 0.3) is 0 Å². The minimum Gasteiger partial charge on any atom is -0.458 e. The molecule has 22 heteroatoms.